The Morgan fingerprint density at radius 1 is 0.810 bits per heavy atom. The molecule has 1 aromatic heterocycles. The molecule has 3 heteroatoms. The maximum absolute atomic E-state index is 5.50. The van der Waals surface area contributed by atoms with Crippen molar-refractivity contribution in [1.82, 2.24) is 9.88 Å². The number of fused-ring (bicyclic) bond motifs is 3. The molecule has 110 valence electrons. The number of aryl methyl sites for hydroxylation is 1. The summed E-state index contributed by atoms with van der Waals surface area (Å²) in [4.78, 5) is 0. The number of hydrogen-bond donors (Lipinski definition) is 2. The molecule has 3 N–H and O–H groups in total. The van der Waals surface area contributed by atoms with Crippen molar-refractivity contribution in [2.75, 3.05) is 19.6 Å². The zero-order valence-corrected chi connectivity index (χ0v) is 12.4. The predicted octanol–water partition coefficient (Wildman–Crippen LogP) is 3.12. The number of rotatable bonds is 7. The van der Waals surface area contributed by atoms with Crippen molar-refractivity contribution in [1.29, 1.82) is 0 Å². The molecule has 3 nitrogen and oxygen atoms in total. The minimum Gasteiger partial charge on any atom is -0.340 e. The van der Waals surface area contributed by atoms with Crippen molar-refractivity contribution < 1.29 is 0 Å². The molecule has 0 aliphatic carbocycles. The monoisotopic (exact) mass is 281 g/mol. The van der Waals surface area contributed by atoms with Crippen molar-refractivity contribution in [2.45, 2.75) is 19.4 Å². The van der Waals surface area contributed by atoms with Gasteiger partial charge in [0, 0.05) is 28.4 Å². The Bertz CT molecular complexity index is 661. The first-order valence-corrected chi connectivity index (χ1v) is 7.78. The Labute approximate surface area is 125 Å². The van der Waals surface area contributed by atoms with Gasteiger partial charge in [0.25, 0.3) is 0 Å². The van der Waals surface area contributed by atoms with E-state index in [4.69, 9.17) is 5.73 Å². The molecule has 0 fully saturated rings. The molecular formula is C18H23N3. The Hall–Kier alpha value is -1.84. The summed E-state index contributed by atoms with van der Waals surface area (Å²) in [6, 6.07) is 17.4. The van der Waals surface area contributed by atoms with Crippen molar-refractivity contribution >= 4 is 21.8 Å². The van der Waals surface area contributed by atoms with E-state index in [1.165, 1.54) is 21.8 Å². The van der Waals surface area contributed by atoms with Gasteiger partial charge in [0.05, 0.1) is 0 Å². The molecule has 2 aromatic carbocycles. The van der Waals surface area contributed by atoms with E-state index in [1.54, 1.807) is 0 Å². The van der Waals surface area contributed by atoms with Gasteiger partial charge in [0.2, 0.25) is 0 Å². The summed E-state index contributed by atoms with van der Waals surface area (Å²) in [5.74, 6) is 0. The zero-order valence-electron chi connectivity index (χ0n) is 12.4. The molecule has 0 saturated heterocycles. The smallest absolute Gasteiger partial charge is 0.0491 e. The lowest BCUT2D eigenvalue weighted by Crippen LogP contribution is -2.20. The van der Waals surface area contributed by atoms with E-state index in [0.29, 0.717) is 0 Å². The second-order valence-electron chi connectivity index (χ2n) is 5.43. The summed E-state index contributed by atoms with van der Waals surface area (Å²) < 4.78 is 2.44. The fourth-order valence-corrected chi connectivity index (χ4v) is 2.96. The quantitative estimate of drug-likeness (QED) is 0.653. The van der Waals surface area contributed by atoms with Gasteiger partial charge in [-0.05, 0) is 44.6 Å². The third-order valence-electron chi connectivity index (χ3n) is 3.97. The van der Waals surface area contributed by atoms with E-state index in [-0.39, 0.29) is 0 Å². The lowest BCUT2D eigenvalue weighted by atomic mass is 10.2. The Kier molecular flexibility index (Phi) is 4.53. The highest BCUT2D eigenvalue weighted by atomic mass is 15.0. The van der Waals surface area contributed by atoms with Gasteiger partial charge < -0.3 is 15.6 Å². The number of nitrogens with one attached hydrogen (secondary N) is 1. The van der Waals surface area contributed by atoms with Crippen molar-refractivity contribution in [3.8, 4) is 0 Å². The summed E-state index contributed by atoms with van der Waals surface area (Å²) in [6.45, 7) is 3.87. The molecule has 21 heavy (non-hydrogen) atoms. The van der Waals surface area contributed by atoms with Crippen LogP contribution in [0.5, 0.6) is 0 Å². The second kappa shape index (κ2) is 6.74. The van der Waals surface area contributed by atoms with Crippen LogP contribution in [0.4, 0.5) is 0 Å². The molecule has 0 spiro atoms. The normalized spacial score (nSPS) is 11.5. The van der Waals surface area contributed by atoms with E-state index in [1.807, 2.05) is 0 Å². The van der Waals surface area contributed by atoms with Gasteiger partial charge in [-0.15, -0.1) is 0 Å². The van der Waals surface area contributed by atoms with E-state index >= 15 is 0 Å². The van der Waals surface area contributed by atoms with Crippen LogP contribution in [0.1, 0.15) is 12.8 Å². The molecule has 0 aliphatic heterocycles. The first-order valence-electron chi connectivity index (χ1n) is 7.78. The third kappa shape index (κ3) is 2.94. The third-order valence-corrected chi connectivity index (χ3v) is 3.97. The molecule has 3 rings (SSSR count). The Morgan fingerprint density at radius 2 is 1.38 bits per heavy atom. The highest BCUT2D eigenvalue weighted by Crippen LogP contribution is 2.28. The van der Waals surface area contributed by atoms with E-state index in [0.717, 1.165) is 39.0 Å². The average Bonchev–Trinajstić information content (AvgIpc) is 2.85. The van der Waals surface area contributed by atoms with Crippen molar-refractivity contribution in [3.63, 3.8) is 0 Å². The number of nitrogens with two attached hydrogens (primary N) is 1. The number of aromatic nitrogens is 1. The molecule has 0 saturated carbocycles. The van der Waals surface area contributed by atoms with Gasteiger partial charge in [0.1, 0.15) is 0 Å². The predicted molar refractivity (Wildman–Crippen MR) is 90.6 cm³/mol. The van der Waals surface area contributed by atoms with Crippen molar-refractivity contribution in [3.05, 3.63) is 48.5 Å². The summed E-state index contributed by atoms with van der Waals surface area (Å²) in [5, 5.41) is 6.15. The van der Waals surface area contributed by atoms with Crippen molar-refractivity contribution in [2.24, 2.45) is 5.73 Å². The van der Waals surface area contributed by atoms with Crippen LogP contribution in [0.2, 0.25) is 0 Å². The van der Waals surface area contributed by atoms with Gasteiger partial charge in [-0.3, -0.25) is 0 Å². The van der Waals surface area contributed by atoms with Gasteiger partial charge in [-0.2, -0.15) is 0 Å². The maximum atomic E-state index is 5.50. The van der Waals surface area contributed by atoms with Crippen LogP contribution in [0.3, 0.4) is 0 Å². The number of para-hydroxylation sites is 2. The molecule has 0 atom stereocenters. The summed E-state index contributed by atoms with van der Waals surface area (Å²) >= 11 is 0. The van der Waals surface area contributed by atoms with Crippen LogP contribution in [0.15, 0.2) is 48.5 Å². The molecule has 0 amide bonds. The fourth-order valence-electron chi connectivity index (χ4n) is 2.96. The van der Waals surface area contributed by atoms with Gasteiger partial charge in [-0.1, -0.05) is 36.4 Å². The van der Waals surface area contributed by atoms with Gasteiger partial charge >= 0.3 is 0 Å². The average molecular weight is 281 g/mol. The first kappa shape index (κ1) is 14.1. The Balaban J connectivity index is 1.80. The summed E-state index contributed by atoms with van der Waals surface area (Å²) in [7, 11) is 0. The van der Waals surface area contributed by atoms with E-state index < -0.39 is 0 Å². The van der Waals surface area contributed by atoms with Crippen LogP contribution in [0.25, 0.3) is 21.8 Å². The minimum atomic E-state index is 0.764. The molecule has 0 unspecified atom stereocenters. The van der Waals surface area contributed by atoms with E-state index in [2.05, 4.69) is 58.4 Å². The highest BCUT2D eigenvalue weighted by molar-refractivity contribution is 6.07. The number of hydrogen-bond acceptors (Lipinski definition) is 2. The lowest BCUT2D eigenvalue weighted by Gasteiger charge is -2.08. The second-order valence-corrected chi connectivity index (χ2v) is 5.43. The SMILES string of the molecule is NCCCNCCCn1c2ccccc2c2ccccc21. The molecule has 0 bridgehead atoms. The van der Waals surface area contributed by atoms with Crippen LogP contribution in [0, 0.1) is 0 Å². The standard InChI is InChI=1S/C18H23N3/c19-11-5-12-20-13-6-14-21-17-9-3-1-7-15(17)16-8-2-4-10-18(16)21/h1-4,7-10,20H,5-6,11-14,19H2. The summed E-state index contributed by atoms with van der Waals surface area (Å²) in [6.07, 6.45) is 2.18. The number of nitrogens with zero attached hydrogens (tertiary/aromatic N) is 1. The molecule has 1 heterocycles. The van der Waals surface area contributed by atoms with Crippen LogP contribution in [-0.2, 0) is 6.54 Å². The van der Waals surface area contributed by atoms with E-state index in [9.17, 15) is 0 Å². The largest absolute Gasteiger partial charge is 0.340 e. The lowest BCUT2D eigenvalue weighted by molar-refractivity contribution is 0.587. The summed E-state index contributed by atoms with van der Waals surface area (Å²) in [5.41, 5.74) is 8.17. The molecule has 0 aliphatic rings. The topological polar surface area (TPSA) is 43.0 Å². The molecular weight excluding hydrogens is 258 g/mol. The first-order chi connectivity index (χ1) is 10.4. The van der Waals surface area contributed by atoms with Gasteiger partial charge in [0.15, 0.2) is 0 Å². The van der Waals surface area contributed by atoms with Crippen LogP contribution < -0.4 is 11.1 Å². The van der Waals surface area contributed by atoms with Crippen LogP contribution in [-0.4, -0.2) is 24.2 Å². The Morgan fingerprint density at radius 3 is 2.00 bits per heavy atom. The van der Waals surface area contributed by atoms with Crippen LogP contribution >= 0.6 is 0 Å². The highest BCUT2D eigenvalue weighted by Gasteiger charge is 2.08. The molecule has 0 radical (unpaired) electrons. The number of benzene rings is 2. The zero-order chi connectivity index (χ0) is 14.5. The maximum Gasteiger partial charge on any atom is 0.0491 e. The molecule has 3 aromatic rings. The fraction of sp³-hybridized carbons (Fsp3) is 0.333. The minimum absolute atomic E-state index is 0.764. The van der Waals surface area contributed by atoms with Gasteiger partial charge in [-0.25, -0.2) is 0 Å².